The van der Waals surface area contributed by atoms with Crippen LogP contribution in [0.15, 0.2) is 34.8 Å². The van der Waals surface area contributed by atoms with Crippen LogP contribution < -0.4 is 5.32 Å². The molecule has 17 heavy (non-hydrogen) atoms. The van der Waals surface area contributed by atoms with Gasteiger partial charge in [0.05, 0.1) is 0 Å². The van der Waals surface area contributed by atoms with E-state index in [2.05, 4.69) is 33.4 Å². The molecule has 0 saturated heterocycles. The Bertz CT molecular complexity index is 454. The van der Waals surface area contributed by atoms with Crippen molar-refractivity contribution in [2.45, 2.75) is 32.2 Å². The maximum atomic E-state index is 12.1. The lowest BCUT2D eigenvalue weighted by molar-refractivity contribution is 0.0934. The van der Waals surface area contributed by atoms with Crippen molar-refractivity contribution in [2.75, 3.05) is 0 Å². The molecule has 1 atom stereocenters. The molecule has 2 rings (SSSR count). The van der Waals surface area contributed by atoms with Gasteiger partial charge in [-0.2, -0.15) is 0 Å². The standard InChI is InChI=1S/C14H16BrNO/c1-10-7-8-11(15)9-13(10)14(17)16-12-5-3-2-4-6-12/h2-3,7-9,12H,4-6H2,1H3,(H,16,17). The number of carbonyl (C=O) groups is 1. The molecule has 1 aliphatic rings. The van der Waals surface area contributed by atoms with Gasteiger partial charge in [0.25, 0.3) is 5.91 Å². The lowest BCUT2D eigenvalue weighted by Crippen LogP contribution is -2.35. The summed E-state index contributed by atoms with van der Waals surface area (Å²) in [6.45, 7) is 1.96. The number of nitrogens with one attached hydrogen (secondary N) is 1. The Hall–Kier alpha value is -1.09. The van der Waals surface area contributed by atoms with Crippen molar-refractivity contribution in [3.8, 4) is 0 Å². The highest BCUT2D eigenvalue weighted by Crippen LogP contribution is 2.17. The van der Waals surface area contributed by atoms with E-state index in [0.717, 1.165) is 34.9 Å². The van der Waals surface area contributed by atoms with E-state index >= 15 is 0 Å². The first-order chi connectivity index (χ1) is 8.16. The number of benzene rings is 1. The minimum absolute atomic E-state index is 0.0316. The zero-order valence-electron chi connectivity index (χ0n) is 9.87. The Morgan fingerprint density at radius 3 is 2.94 bits per heavy atom. The van der Waals surface area contributed by atoms with Crippen molar-refractivity contribution in [1.29, 1.82) is 0 Å². The van der Waals surface area contributed by atoms with Crippen molar-refractivity contribution in [3.05, 3.63) is 46.0 Å². The normalized spacial score (nSPS) is 19.1. The van der Waals surface area contributed by atoms with E-state index in [9.17, 15) is 4.79 Å². The molecule has 0 spiro atoms. The first-order valence-electron chi connectivity index (χ1n) is 5.89. The Labute approximate surface area is 110 Å². The van der Waals surface area contributed by atoms with Gasteiger partial charge in [0.1, 0.15) is 0 Å². The van der Waals surface area contributed by atoms with Gasteiger partial charge in [-0.1, -0.05) is 34.1 Å². The Morgan fingerprint density at radius 2 is 2.24 bits per heavy atom. The van der Waals surface area contributed by atoms with E-state index in [4.69, 9.17) is 0 Å². The van der Waals surface area contributed by atoms with Crippen molar-refractivity contribution < 1.29 is 4.79 Å². The third-order valence-electron chi connectivity index (χ3n) is 3.05. The molecule has 0 heterocycles. The maximum absolute atomic E-state index is 12.1. The van der Waals surface area contributed by atoms with E-state index in [1.54, 1.807) is 0 Å². The lowest BCUT2D eigenvalue weighted by Gasteiger charge is -2.20. The van der Waals surface area contributed by atoms with Crippen LogP contribution in [0, 0.1) is 6.92 Å². The molecule has 1 aromatic carbocycles. The summed E-state index contributed by atoms with van der Waals surface area (Å²) < 4.78 is 0.941. The second-order valence-corrected chi connectivity index (χ2v) is 5.33. The number of amides is 1. The fourth-order valence-corrected chi connectivity index (χ4v) is 2.39. The highest BCUT2D eigenvalue weighted by molar-refractivity contribution is 9.10. The Kier molecular flexibility index (Phi) is 4.00. The molecule has 1 aromatic rings. The molecule has 1 amide bonds. The second-order valence-electron chi connectivity index (χ2n) is 4.41. The van der Waals surface area contributed by atoms with Gasteiger partial charge in [0.15, 0.2) is 0 Å². The Balaban J connectivity index is 2.08. The summed E-state index contributed by atoms with van der Waals surface area (Å²) in [6, 6.07) is 6.07. The number of aryl methyl sites for hydroxylation is 1. The van der Waals surface area contributed by atoms with Crippen LogP contribution in [-0.4, -0.2) is 11.9 Å². The molecule has 0 radical (unpaired) electrons. The summed E-state index contributed by atoms with van der Waals surface area (Å²) in [6.07, 6.45) is 7.35. The van der Waals surface area contributed by atoms with Crippen LogP contribution in [0.1, 0.15) is 35.2 Å². The number of hydrogen-bond acceptors (Lipinski definition) is 1. The molecule has 3 heteroatoms. The lowest BCUT2D eigenvalue weighted by atomic mass is 10.0. The minimum Gasteiger partial charge on any atom is -0.349 e. The third kappa shape index (κ3) is 3.19. The molecule has 0 fully saturated rings. The van der Waals surface area contributed by atoms with E-state index in [1.807, 2.05) is 25.1 Å². The molecule has 2 nitrogen and oxygen atoms in total. The predicted octanol–water partition coefficient (Wildman–Crippen LogP) is 3.60. The van der Waals surface area contributed by atoms with Gasteiger partial charge in [0.2, 0.25) is 0 Å². The minimum atomic E-state index is 0.0316. The van der Waals surface area contributed by atoms with E-state index in [-0.39, 0.29) is 11.9 Å². The first-order valence-corrected chi connectivity index (χ1v) is 6.68. The highest BCUT2D eigenvalue weighted by Gasteiger charge is 2.15. The molecule has 0 saturated carbocycles. The summed E-state index contributed by atoms with van der Waals surface area (Å²) in [5, 5.41) is 3.09. The quantitative estimate of drug-likeness (QED) is 0.830. The highest BCUT2D eigenvalue weighted by atomic mass is 79.9. The van der Waals surface area contributed by atoms with Crippen molar-refractivity contribution in [1.82, 2.24) is 5.32 Å². The van der Waals surface area contributed by atoms with Gasteiger partial charge in [0, 0.05) is 16.1 Å². The van der Waals surface area contributed by atoms with E-state index in [1.165, 1.54) is 0 Å². The Morgan fingerprint density at radius 1 is 1.41 bits per heavy atom. The maximum Gasteiger partial charge on any atom is 0.251 e. The fourth-order valence-electron chi connectivity index (χ4n) is 2.03. The van der Waals surface area contributed by atoms with E-state index < -0.39 is 0 Å². The number of carbonyl (C=O) groups excluding carboxylic acids is 1. The molecular weight excluding hydrogens is 278 g/mol. The third-order valence-corrected chi connectivity index (χ3v) is 3.54. The zero-order chi connectivity index (χ0) is 12.3. The van der Waals surface area contributed by atoms with Crippen LogP contribution in [0.2, 0.25) is 0 Å². The number of hydrogen-bond donors (Lipinski definition) is 1. The van der Waals surface area contributed by atoms with Crippen molar-refractivity contribution in [2.24, 2.45) is 0 Å². The van der Waals surface area contributed by atoms with Gasteiger partial charge in [-0.15, -0.1) is 0 Å². The summed E-state index contributed by atoms with van der Waals surface area (Å²) in [5.41, 5.74) is 1.77. The fraction of sp³-hybridized carbons (Fsp3) is 0.357. The zero-order valence-corrected chi connectivity index (χ0v) is 11.5. The van der Waals surface area contributed by atoms with E-state index in [0.29, 0.717) is 0 Å². The average molecular weight is 294 g/mol. The molecule has 1 unspecified atom stereocenters. The average Bonchev–Trinajstić information content (AvgIpc) is 2.33. The van der Waals surface area contributed by atoms with Crippen molar-refractivity contribution >= 4 is 21.8 Å². The smallest absolute Gasteiger partial charge is 0.251 e. The second kappa shape index (κ2) is 5.50. The van der Waals surface area contributed by atoms with Crippen LogP contribution in [0.4, 0.5) is 0 Å². The molecule has 1 aliphatic carbocycles. The van der Waals surface area contributed by atoms with Gasteiger partial charge in [-0.25, -0.2) is 0 Å². The molecule has 1 N–H and O–H groups in total. The first kappa shape index (κ1) is 12.4. The SMILES string of the molecule is Cc1ccc(Br)cc1C(=O)NC1CC=CCC1. The van der Waals surface area contributed by atoms with Gasteiger partial charge >= 0.3 is 0 Å². The topological polar surface area (TPSA) is 29.1 Å². The summed E-state index contributed by atoms with van der Waals surface area (Å²) in [4.78, 5) is 12.1. The molecular formula is C14H16BrNO. The molecule has 0 aromatic heterocycles. The predicted molar refractivity (Wildman–Crippen MR) is 73.1 cm³/mol. The van der Waals surface area contributed by atoms with Crippen molar-refractivity contribution in [3.63, 3.8) is 0 Å². The monoisotopic (exact) mass is 293 g/mol. The van der Waals surface area contributed by atoms with Crippen LogP contribution in [0.3, 0.4) is 0 Å². The molecule has 90 valence electrons. The summed E-state index contributed by atoms with van der Waals surface area (Å²) >= 11 is 3.40. The number of rotatable bonds is 2. The largest absolute Gasteiger partial charge is 0.349 e. The summed E-state index contributed by atoms with van der Waals surface area (Å²) in [7, 11) is 0. The van der Waals surface area contributed by atoms with Crippen LogP contribution in [0.5, 0.6) is 0 Å². The van der Waals surface area contributed by atoms with Crippen LogP contribution >= 0.6 is 15.9 Å². The van der Waals surface area contributed by atoms with Crippen LogP contribution in [-0.2, 0) is 0 Å². The molecule has 0 aliphatic heterocycles. The number of halogens is 1. The molecule has 0 bridgehead atoms. The van der Waals surface area contributed by atoms with Gasteiger partial charge in [-0.05, 0) is 43.9 Å². The number of allylic oxidation sites excluding steroid dienone is 1. The summed E-state index contributed by atoms with van der Waals surface area (Å²) in [5.74, 6) is 0.0316. The van der Waals surface area contributed by atoms with Gasteiger partial charge < -0.3 is 5.32 Å². The van der Waals surface area contributed by atoms with Crippen LogP contribution in [0.25, 0.3) is 0 Å². The van der Waals surface area contributed by atoms with Gasteiger partial charge in [-0.3, -0.25) is 4.79 Å².